The molecule has 2 unspecified atom stereocenters. The number of alkyl halides is 2. The lowest BCUT2D eigenvalue weighted by atomic mass is 10.0. The fourth-order valence-corrected chi connectivity index (χ4v) is 0.964. The molecule has 1 nitrogen and oxygen atoms in total. The summed E-state index contributed by atoms with van der Waals surface area (Å²) in [4.78, 5) is 0. The van der Waals surface area contributed by atoms with Gasteiger partial charge in [-0.05, 0) is 19.3 Å². The standard InChI is InChI=1S/C8H16F2O/c1-4-6(2)5-7(3)11-8(9)10/h6-8H,4-5H2,1-3H3. The Balaban J connectivity index is 3.43. The summed E-state index contributed by atoms with van der Waals surface area (Å²) >= 11 is 0. The van der Waals surface area contributed by atoms with Crippen molar-refractivity contribution in [3.8, 4) is 0 Å². The van der Waals surface area contributed by atoms with E-state index in [0.717, 1.165) is 6.42 Å². The van der Waals surface area contributed by atoms with E-state index in [4.69, 9.17) is 0 Å². The molecule has 0 aromatic heterocycles. The topological polar surface area (TPSA) is 9.23 Å². The van der Waals surface area contributed by atoms with Crippen molar-refractivity contribution in [2.24, 2.45) is 5.92 Å². The SMILES string of the molecule is CCC(C)CC(C)OC(F)F. The van der Waals surface area contributed by atoms with Crippen molar-refractivity contribution in [2.45, 2.75) is 46.3 Å². The molecular formula is C8H16F2O. The molecule has 0 saturated heterocycles. The monoisotopic (exact) mass is 166 g/mol. The van der Waals surface area contributed by atoms with Crippen LogP contribution in [0.5, 0.6) is 0 Å². The van der Waals surface area contributed by atoms with Crippen LogP contribution in [0.3, 0.4) is 0 Å². The first kappa shape index (κ1) is 10.8. The van der Waals surface area contributed by atoms with Gasteiger partial charge >= 0.3 is 6.61 Å². The molecule has 68 valence electrons. The lowest BCUT2D eigenvalue weighted by molar-refractivity contribution is -0.161. The first-order chi connectivity index (χ1) is 5.06. The van der Waals surface area contributed by atoms with E-state index < -0.39 is 6.61 Å². The zero-order valence-electron chi connectivity index (χ0n) is 7.31. The molecule has 0 aromatic carbocycles. The molecule has 2 atom stereocenters. The zero-order chi connectivity index (χ0) is 8.85. The lowest BCUT2D eigenvalue weighted by Crippen LogP contribution is -2.15. The minimum atomic E-state index is -2.63. The van der Waals surface area contributed by atoms with Crippen LogP contribution in [0.25, 0.3) is 0 Å². The molecule has 0 bridgehead atoms. The molecule has 0 aliphatic rings. The van der Waals surface area contributed by atoms with Crippen LogP contribution in [-0.4, -0.2) is 12.7 Å². The average Bonchev–Trinajstić information content (AvgIpc) is 1.85. The molecule has 3 heteroatoms. The van der Waals surface area contributed by atoms with Gasteiger partial charge in [0.2, 0.25) is 0 Å². The summed E-state index contributed by atoms with van der Waals surface area (Å²) in [6.45, 7) is 3.12. The highest BCUT2D eigenvalue weighted by Gasteiger charge is 2.11. The van der Waals surface area contributed by atoms with E-state index in [1.165, 1.54) is 0 Å². The van der Waals surface area contributed by atoms with Crippen LogP contribution in [0.15, 0.2) is 0 Å². The Kier molecular flexibility index (Phi) is 5.38. The highest BCUT2D eigenvalue weighted by Crippen LogP contribution is 2.13. The molecular weight excluding hydrogens is 150 g/mol. The highest BCUT2D eigenvalue weighted by atomic mass is 19.3. The summed E-state index contributed by atoms with van der Waals surface area (Å²) in [6.07, 6.45) is 1.39. The molecule has 0 rings (SSSR count). The molecule has 0 aliphatic carbocycles. The van der Waals surface area contributed by atoms with Crippen molar-refractivity contribution in [3.05, 3.63) is 0 Å². The molecule has 0 fully saturated rings. The normalized spacial score (nSPS) is 16.9. The predicted molar refractivity (Wildman–Crippen MR) is 40.6 cm³/mol. The molecule has 0 radical (unpaired) electrons. The van der Waals surface area contributed by atoms with Gasteiger partial charge in [-0.2, -0.15) is 8.78 Å². The Bertz CT molecular complexity index is 96.1. The van der Waals surface area contributed by atoms with Crippen LogP contribution < -0.4 is 0 Å². The Morgan fingerprint density at radius 1 is 1.27 bits per heavy atom. The van der Waals surface area contributed by atoms with E-state index in [2.05, 4.69) is 4.74 Å². The number of hydrogen-bond acceptors (Lipinski definition) is 1. The Labute approximate surface area is 66.7 Å². The Hall–Kier alpha value is -0.180. The van der Waals surface area contributed by atoms with E-state index in [-0.39, 0.29) is 6.10 Å². The van der Waals surface area contributed by atoms with Gasteiger partial charge in [0.15, 0.2) is 0 Å². The zero-order valence-corrected chi connectivity index (χ0v) is 7.31. The van der Waals surface area contributed by atoms with Crippen molar-refractivity contribution in [2.75, 3.05) is 0 Å². The number of rotatable bonds is 5. The summed E-state index contributed by atoms with van der Waals surface area (Å²) < 4.78 is 27.5. The number of hydrogen-bond donors (Lipinski definition) is 0. The minimum absolute atomic E-state index is 0.329. The maximum Gasteiger partial charge on any atom is 0.345 e. The van der Waals surface area contributed by atoms with Crippen LogP contribution in [0, 0.1) is 5.92 Å². The highest BCUT2D eigenvalue weighted by molar-refractivity contribution is 4.56. The molecule has 11 heavy (non-hydrogen) atoms. The second kappa shape index (κ2) is 5.47. The first-order valence-electron chi connectivity index (χ1n) is 3.99. The van der Waals surface area contributed by atoms with E-state index >= 15 is 0 Å². The van der Waals surface area contributed by atoms with Gasteiger partial charge in [-0.15, -0.1) is 0 Å². The van der Waals surface area contributed by atoms with Crippen molar-refractivity contribution in [1.82, 2.24) is 0 Å². The van der Waals surface area contributed by atoms with Gasteiger partial charge in [0.1, 0.15) is 0 Å². The maximum absolute atomic E-state index is 11.6. The van der Waals surface area contributed by atoms with Crippen molar-refractivity contribution in [3.63, 3.8) is 0 Å². The predicted octanol–water partition coefficient (Wildman–Crippen LogP) is 3.05. The van der Waals surface area contributed by atoms with Crippen LogP contribution in [0.4, 0.5) is 8.78 Å². The van der Waals surface area contributed by atoms with E-state index in [1.807, 2.05) is 13.8 Å². The summed E-state index contributed by atoms with van der Waals surface area (Å²) in [5.41, 5.74) is 0. The molecule has 0 amide bonds. The fourth-order valence-electron chi connectivity index (χ4n) is 0.964. The van der Waals surface area contributed by atoms with Crippen LogP contribution in [-0.2, 0) is 4.74 Å². The second-order valence-corrected chi connectivity index (χ2v) is 2.96. The van der Waals surface area contributed by atoms with Gasteiger partial charge in [-0.1, -0.05) is 20.3 Å². The van der Waals surface area contributed by atoms with Crippen molar-refractivity contribution >= 4 is 0 Å². The lowest BCUT2D eigenvalue weighted by Gasteiger charge is -2.15. The smallest absolute Gasteiger partial charge is 0.320 e. The van der Waals surface area contributed by atoms with Crippen LogP contribution in [0.1, 0.15) is 33.6 Å². The molecule has 0 N–H and O–H groups in total. The molecule has 0 aromatic rings. The van der Waals surface area contributed by atoms with Gasteiger partial charge in [-0.25, -0.2) is 0 Å². The summed E-state index contributed by atoms with van der Waals surface area (Å²) in [6, 6.07) is 0. The number of halogens is 2. The second-order valence-electron chi connectivity index (χ2n) is 2.96. The Morgan fingerprint density at radius 2 is 1.82 bits per heavy atom. The maximum atomic E-state index is 11.6. The number of ether oxygens (including phenoxy) is 1. The first-order valence-corrected chi connectivity index (χ1v) is 3.99. The van der Waals surface area contributed by atoms with Gasteiger partial charge in [0.05, 0.1) is 6.10 Å². The summed E-state index contributed by atoms with van der Waals surface area (Å²) in [7, 11) is 0. The molecule has 0 aliphatic heterocycles. The third-order valence-corrected chi connectivity index (χ3v) is 1.77. The van der Waals surface area contributed by atoms with E-state index in [0.29, 0.717) is 12.3 Å². The van der Waals surface area contributed by atoms with Gasteiger partial charge in [0.25, 0.3) is 0 Å². The minimum Gasteiger partial charge on any atom is -0.320 e. The third-order valence-electron chi connectivity index (χ3n) is 1.77. The Morgan fingerprint density at radius 3 is 2.18 bits per heavy atom. The van der Waals surface area contributed by atoms with Gasteiger partial charge < -0.3 is 4.74 Å². The average molecular weight is 166 g/mol. The summed E-state index contributed by atoms with van der Waals surface area (Å²) in [5, 5.41) is 0. The van der Waals surface area contributed by atoms with E-state index in [9.17, 15) is 8.78 Å². The molecule has 0 heterocycles. The largest absolute Gasteiger partial charge is 0.345 e. The third kappa shape index (κ3) is 6.23. The molecule has 0 saturated carbocycles. The quantitative estimate of drug-likeness (QED) is 0.610. The van der Waals surface area contributed by atoms with E-state index in [1.54, 1.807) is 6.92 Å². The summed E-state index contributed by atoms with van der Waals surface area (Å²) in [5.74, 6) is 0.462. The van der Waals surface area contributed by atoms with Crippen LogP contribution in [0.2, 0.25) is 0 Å². The van der Waals surface area contributed by atoms with Crippen molar-refractivity contribution < 1.29 is 13.5 Å². The van der Waals surface area contributed by atoms with Crippen LogP contribution >= 0.6 is 0 Å². The van der Waals surface area contributed by atoms with Gasteiger partial charge in [-0.3, -0.25) is 0 Å². The van der Waals surface area contributed by atoms with Gasteiger partial charge in [0, 0.05) is 0 Å². The van der Waals surface area contributed by atoms with Crippen molar-refractivity contribution in [1.29, 1.82) is 0 Å². The fraction of sp³-hybridized carbons (Fsp3) is 1.00. The molecule has 0 spiro atoms.